The normalized spacial score (nSPS) is 45.7. The van der Waals surface area contributed by atoms with Crippen LogP contribution in [0.1, 0.15) is 265 Å². The Labute approximate surface area is 913 Å². The highest BCUT2D eigenvalue weighted by molar-refractivity contribution is 7.99. The summed E-state index contributed by atoms with van der Waals surface area (Å²) < 4.78 is 494. The van der Waals surface area contributed by atoms with Crippen LogP contribution in [0, 0.1) is 51.0 Å². The number of ether oxygens (including phenoxy) is 4. The molecule has 0 saturated heterocycles. The number of thioether (sulfide) groups is 4. The van der Waals surface area contributed by atoms with Gasteiger partial charge in [0.2, 0.25) is 0 Å². The molecular formula is C96H124F4N24O16S4. The minimum absolute atomic E-state index is 0.0148. The fourth-order valence-electron chi connectivity index (χ4n) is 14.1. The second kappa shape index (κ2) is 47.3. The van der Waals surface area contributed by atoms with Gasteiger partial charge in [0, 0.05) is 132 Å². The van der Waals surface area contributed by atoms with Crippen molar-refractivity contribution in [3.05, 3.63) is 141 Å². The third-order valence-electron chi connectivity index (χ3n) is 21.7. The molecule has 0 spiro atoms. The molecule has 776 valence electrons. The van der Waals surface area contributed by atoms with E-state index in [9.17, 15) is 78.8 Å². The van der Waals surface area contributed by atoms with Crippen LogP contribution in [0.4, 0.5) is 40.8 Å². The first-order valence-corrected chi connectivity index (χ1v) is 46.4. The molecule has 0 unspecified atom stereocenters. The third-order valence-corrected chi connectivity index (χ3v) is 24.7. The molecule has 24 atom stereocenters. The lowest BCUT2D eigenvalue weighted by Crippen LogP contribution is -2.33. The van der Waals surface area contributed by atoms with Crippen molar-refractivity contribution in [2.75, 3.05) is 96.8 Å². The number of anilines is 4. The van der Waals surface area contributed by atoms with Crippen LogP contribution in [0.25, 0.3) is 44.7 Å². The largest absolute Gasteiger partial charge is 0.394 e. The molecule has 8 aliphatic carbocycles. The van der Waals surface area contributed by atoms with E-state index in [-0.39, 0.29) is 114 Å². The van der Waals surface area contributed by atoms with Crippen LogP contribution in [0.2, 0.25) is 0 Å². The second-order valence-electron chi connectivity index (χ2n) is 31.3. The Bertz CT molecular complexity index is 9220. The molecular weight excluding hydrogens is 1950 g/mol. The summed E-state index contributed by atoms with van der Waals surface area (Å²) in [6.07, 6.45) is -73.2. The maximum atomic E-state index is 14.4. The number of aliphatic hydroxyl groups excluding tert-OH is 2. The molecule has 144 heavy (non-hydrogen) atoms. The van der Waals surface area contributed by atoms with E-state index in [1.165, 1.54) is 62.4 Å². The number of benzene rings is 4. The smallest absolute Gasteiger partial charge is 0.191 e. The summed E-state index contributed by atoms with van der Waals surface area (Å²) in [4.78, 5) is 33.3. The van der Waals surface area contributed by atoms with Gasteiger partial charge in [-0.25, -0.2) is 76.2 Å². The summed E-state index contributed by atoms with van der Waals surface area (Å²) in [5.41, 5.74) is -10.6. The van der Waals surface area contributed by atoms with E-state index >= 15 is 0 Å². The molecule has 8 aromatic heterocycles. The Balaban J connectivity index is 0.000000169. The van der Waals surface area contributed by atoms with Gasteiger partial charge in [-0.05, 0) is 148 Å². The molecule has 0 amide bonds. The zero-order valence-corrected chi connectivity index (χ0v) is 79.5. The highest BCUT2D eigenvalue weighted by Crippen LogP contribution is 2.50. The Morgan fingerprint density at radius 1 is 0.368 bits per heavy atom. The zero-order chi connectivity index (χ0) is 147. The average Bonchev–Trinajstić information content (AvgIpc) is 1.49. The molecule has 4 aromatic carbocycles. The fourth-order valence-corrected chi connectivity index (χ4v) is 16.2. The summed E-state index contributed by atoms with van der Waals surface area (Å²) in [7, 11) is 0. The summed E-state index contributed by atoms with van der Waals surface area (Å²) in [5.74, 6) is -9.35. The number of aliphatic hydroxyl groups is 12. The molecule has 40 nitrogen and oxygen atoms in total. The van der Waals surface area contributed by atoms with Crippen molar-refractivity contribution in [3.8, 4) is 0 Å². The van der Waals surface area contributed by atoms with Crippen molar-refractivity contribution in [2.24, 2.45) is 0 Å². The van der Waals surface area contributed by atoms with Gasteiger partial charge in [0.25, 0.3) is 0 Å². The lowest BCUT2D eigenvalue weighted by atomic mass is 10.1. The fraction of sp³-hybridized carbons (Fsp3) is 0.583. The number of halogens is 4. The maximum Gasteiger partial charge on any atom is 0.191 e. The van der Waals surface area contributed by atoms with E-state index in [1.807, 2.05) is 6.92 Å². The van der Waals surface area contributed by atoms with Crippen molar-refractivity contribution in [1.82, 2.24) is 99.8 Å². The highest BCUT2D eigenvalue weighted by atomic mass is 32.2. The third kappa shape index (κ3) is 23.8. The number of nitrogens with one attached hydrogen (secondary N) is 4. The first-order valence-electron chi connectivity index (χ1n) is 68.0. The van der Waals surface area contributed by atoms with Crippen molar-refractivity contribution >= 4 is 115 Å². The molecule has 0 aliphatic heterocycles. The van der Waals surface area contributed by atoms with Crippen LogP contribution in [-0.2, 0) is 18.9 Å². The molecule has 8 fully saturated rings. The second-order valence-corrected chi connectivity index (χ2v) is 34.7. The number of hydrogen-bond donors (Lipinski definition) is 16. The quantitative estimate of drug-likeness (QED) is 0.00969. The van der Waals surface area contributed by atoms with E-state index in [0.717, 1.165) is 44.7 Å². The van der Waals surface area contributed by atoms with Gasteiger partial charge < -0.3 is 101 Å². The molecule has 48 heteroatoms. The standard InChI is InChI=1S/4C24H31FN6O4S/c4*1-3-8-36-24-27-22(26-16-10-14(16)13-5-4-12(2)15(25)9-13)19-23(28-24)31(30-29-19)17-11-18(35-7-6-32)21(34)20(17)33/h4*4-5,9,14,16-18,20-21,32-34H,3,6-8,10-11H2,1-2H3,(H,26,27,28)/t4*14-,16+,17+,18-,20-,21+/m0000/s1/i3D2,6D2,7D2,8D2,11D2,14D,17D,18D,20D,21D;3D2,7D2,8D2,11D2,14D,17D,18D,20D,21D;3D2,6D2,8D2,11D2,14D,17D,18D,20D,21D;10D2,11D2,14D,17D,18D,20D,21D. The van der Waals surface area contributed by atoms with Crippen molar-refractivity contribution in [1.29, 1.82) is 0 Å². The van der Waals surface area contributed by atoms with Gasteiger partial charge in [0.15, 0.2) is 88.6 Å². The van der Waals surface area contributed by atoms with Crippen LogP contribution in [-0.4, -0.2) is 334 Å². The lowest BCUT2D eigenvalue weighted by molar-refractivity contribution is -0.0629. The van der Waals surface area contributed by atoms with E-state index in [1.54, 1.807) is 26.0 Å². The van der Waals surface area contributed by atoms with Gasteiger partial charge >= 0.3 is 0 Å². The summed E-state index contributed by atoms with van der Waals surface area (Å²) in [6, 6.07) is -2.39. The number of nitrogens with zero attached hydrogens (tertiary/aromatic N) is 20. The lowest BCUT2D eigenvalue weighted by Gasteiger charge is -2.17. The van der Waals surface area contributed by atoms with Gasteiger partial charge in [-0.2, -0.15) is 0 Å². The van der Waals surface area contributed by atoms with Gasteiger partial charge in [0.05, 0.1) is 134 Å². The van der Waals surface area contributed by atoms with Crippen LogP contribution in [0.15, 0.2) is 93.4 Å². The SMILES string of the molecule is [2H]C([2H])(C)C([2H])([2H])Sc1nc(N[C@@H]2C[C@@]2([2H])c2ccc(C)c(F)c2)c2nnn([C@]3([2H])C([2H])([2H])[C@]([2H])(OC([2H])([2H])C([2H])([2H])O)[C@@]([2H])(O)[C@@]3([2H])O)c2n1.[2H]C([2H])(CO)O[C@@]1([2H])C([2H])([2H])[C@@]([2H])(n2nnc3c(N[C@@H]4C[C@@]4([2H])c4ccc(C)c(F)c4)nc(SC([2H])([2H])C([2H])([2H])C)nc32)[C@]([2H])(O)[C@]1([2H])O.[2H]C([2H])(O)CO[C@@]1([2H])C([2H])([2H])[C@@]([2H])(n2nnc3c(N[C@@H]4C[C@@]4([2H])c4ccc(C)c(F)c4)nc(SC([2H])([2H])C([2H])([2H])C)nc32)[C@]([2H])(O)[C@]1([2H])O.[2H]C1([2H])[C@@H](Nc2nc(SCCC)nc3c2nnn3[C@]2([2H])C([2H])([2H])[C@]([2H])(OCCO)[C@@]([2H])(O)[C@@]2([2H])O)[C@]1([2H])c1ccc(C)c(F)c1. The van der Waals surface area contributed by atoms with Gasteiger partial charge in [-0.15, -0.1) is 20.4 Å². The first kappa shape index (κ1) is 59.6. The number of fused-ring (bicyclic) bond motifs is 4. The summed E-state index contributed by atoms with van der Waals surface area (Å²) in [5, 5.41) is 166. The molecule has 20 rings (SSSR count). The summed E-state index contributed by atoms with van der Waals surface area (Å²) in [6.45, 7) is -8.58. The van der Waals surface area contributed by atoms with Crippen molar-refractivity contribution in [2.45, 2.75) is 297 Å². The molecule has 12 aromatic rings. The van der Waals surface area contributed by atoms with Gasteiger partial charge in [-0.1, -0.05) is 144 Å². The average molecular weight is 2120 g/mol. The Morgan fingerprint density at radius 2 is 0.667 bits per heavy atom. The molecule has 8 heterocycles. The predicted molar refractivity (Wildman–Crippen MR) is 530 cm³/mol. The van der Waals surface area contributed by atoms with E-state index in [4.69, 9.17) is 78.0 Å². The highest BCUT2D eigenvalue weighted by Gasteiger charge is 2.51. The minimum atomic E-state index is -4.38. The number of aryl methyl sites for hydroxylation is 4. The maximum absolute atomic E-state index is 14.4. The molecule has 0 radical (unpaired) electrons. The van der Waals surface area contributed by atoms with Crippen molar-refractivity contribution < 1.29 is 166 Å². The topological polar surface area (TPSA) is 554 Å². The molecule has 16 N–H and O–H groups in total. The first-order chi connectivity index (χ1) is 87.5. The molecule has 8 aliphatic rings. The number of aromatic nitrogens is 20. The zero-order valence-electron chi connectivity index (χ0n) is 126. The van der Waals surface area contributed by atoms with E-state index in [0.29, 0.717) is 50.2 Å². The van der Waals surface area contributed by atoms with Crippen LogP contribution in [0.5, 0.6) is 0 Å². The van der Waals surface area contributed by atoms with E-state index in [2.05, 4.69) is 112 Å². The van der Waals surface area contributed by atoms with Crippen LogP contribution >= 0.6 is 47.0 Å². The van der Waals surface area contributed by atoms with Crippen LogP contribution < -0.4 is 21.3 Å². The van der Waals surface area contributed by atoms with Crippen molar-refractivity contribution in [3.63, 3.8) is 0 Å². The van der Waals surface area contributed by atoms with E-state index < -0.39 is 343 Å². The van der Waals surface area contributed by atoms with Crippen LogP contribution in [0.3, 0.4) is 0 Å². The molecule has 8 saturated carbocycles. The minimum Gasteiger partial charge on any atom is -0.394 e. The Hall–Kier alpha value is -9.52. The Morgan fingerprint density at radius 3 is 0.958 bits per heavy atom. The number of rotatable bonds is 40. The monoisotopic (exact) mass is 2120 g/mol. The van der Waals surface area contributed by atoms with Gasteiger partial charge in [-0.3, -0.25) is 0 Å². The number of hydrogen-bond acceptors (Lipinski definition) is 40. The molecule has 0 bridgehead atoms. The Kier molecular flexibility index (Phi) is 19.6. The summed E-state index contributed by atoms with van der Waals surface area (Å²) >= 11 is 1.47. The van der Waals surface area contributed by atoms with Gasteiger partial charge in [0.1, 0.15) is 71.9 Å². The predicted octanol–water partition coefficient (Wildman–Crippen LogP) is 8.73.